The van der Waals surface area contributed by atoms with Crippen LogP contribution in [-0.2, 0) is 13.0 Å². The number of alkyl halides is 2. The molecule has 24 heavy (non-hydrogen) atoms. The van der Waals surface area contributed by atoms with E-state index in [0.717, 1.165) is 5.56 Å². The van der Waals surface area contributed by atoms with Gasteiger partial charge in [0, 0.05) is 35.9 Å². The number of rotatable bonds is 4. The summed E-state index contributed by atoms with van der Waals surface area (Å²) in [5.41, 5.74) is 0.762. The smallest absolute Gasteiger partial charge is 0.296 e. The average Bonchev–Trinajstić information content (AvgIpc) is 2.85. The van der Waals surface area contributed by atoms with Crippen LogP contribution in [0.5, 0.6) is 0 Å². The van der Waals surface area contributed by atoms with Gasteiger partial charge in [0.1, 0.15) is 0 Å². The summed E-state index contributed by atoms with van der Waals surface area (Å²) in [6.45, 7) is 0.332. The quantitative estimate of drug-likeness (QED) is 0.785. The van der Waals surface area contributed by atoms with E-state index in [2.05, 4.69) is 5.16 Å². The van der Waals surface area contributed by atoms with E-state index in [1.807, 2.05) is 0 Å². The molecule has 1 aliphatic rings. The number of aromatic nitrogens is 2. The van der Waals surface area contributed by atoms with Gasteiger partial charge in [-0.3, -0.25) is 9.09 Å². The van der Waals surface area contributed by atoms with E-state index < -0.39 is 11.7 Å². The van der Waals surface area contributed by atoms with Crippen molar-refractivity contribution >= 4 is 23.2 Å². The largest absolute Gasteiger partial charge is 0.441 e. The third kappa shape index (κ3) is 3.98. The Labute approximate surface area is 147 Å². The highest BCUT2D eigenvalue weighted by molar-refractivity contribution is 6.35. The number of hydrogen-bond donors (Lipinski definition) is 0. The fourth-order valence-corrected chi connectivity index (χ4v) is 3.45. The van der Waals surface area contributed by atoms with Crippen LogP contribution in [-0.4, -0.2) is 15.6 Å². The summed E-state index contributed by atoms with van der Waals surface area (Å²) >= 11 is 12.0. The number of nitrogens with zero attached hydrogens (tertiary/aromatic N) is 2. The van der Waals surface area contributed by atoms with Crippen molar-refractivity contribution in [3.8, 4) is 0 Å². The Morgan fingerprint density at radius 2 is 2.00 bits per heavy atom. The van der Waals surface area contributed by atoms with E-state index in [1.165, 1.54) is 4.57 Å². The van der Waals surface area contributed by atoms with Crippen molar-refractivity contribution in [1.29, 1.82) is 0 Å². The van der Waals surface area contributed by atoms with Gasteiger partial charge in [0.25, 0.3) is 0 Å². The number of halogens is 4. The van der Waals surface area contributed by atoms with Crippen molar-refractivity contribution in [2.24, 2.45) is 5.92 Å². The first kappa shape index (κ1) is 17.4. The standard InChI is InChI=1S/C16H16Cl2F2N2O2/c17-12-2-1-11(13(18)8-12)7-14-21-24-15(23)22(14)9-10-3-5-16(19,20)6-4-10/h1-2,8,10H,3-7,9H2. The summed E-state index contributed by atoms with van der Waals surface area (Å²) < 4.78 is 32.7. The van der Waals surface area contributed by atoms with Crippen LogP contribution in [0.15, 0.2) is 27.5 Å². The van der Waals surface area contributed by atoms with Crippen molar-refractivity contribution in [2.75, 3.05) is 0 Å². The number of hydrogen-bond acceptors (Lipinski definition) is 3. The second-order valence-electron chi connectivity index (χ2n) is 6.19. The van der Waals surface area contributed by atoms with E-state index in [1.54, 1.807) is 18.2 Å². The molecule has 8 heteroatoms. The molecule has 3 rings (SSSR count). The van der Waals surface area contributed by atoms with E-state index in [-0.39, 0.29) is 18.8 Å². The Morgan fingerprint density at radius 3 is 2.67 bits per heavy atom. The Hall–Kier alpha value is -1.40. The lowest BCUT2D eigenvalue weighted by Crippen LogP contribution is -2.29. The molecule has 4 nitrogen and oxygen atoms in total. The summed E-state index contributed by atoms with van der Waals surface area (Å²) in [7, 11) is 0. The molecule has 0 spiro atoms. The van der Waals surface area contributed by atoms with E-state index in [0.29, 0.717) is 41.7 Å². The molecule has 1 heterocycles. The molecule has 0 bridgehead atoms. The molecule has 0 atom stereocenters. The zero-order valence-corrected chi connectivity index (χ0v) is 14.3. The van der Waals surface area contributed by atoms with Crippen LogP contribution in [0.2, 0.25) is 10.0 Å². The summed E-state index contributed by atoms with van der Waals surface area (Å²) in [4.78, 5) is 11.9. The minimum Gasteiger partial charge on any atom is -0.296 e. The molecule has 0 unspecified atom stereocenters. The van der Waals surface area contributed by atoms with Crippen LogP contribution in [0.25, 0.3) is 0 Å². The van der Waals surface area contributed by atoms with Gasteiger partial charge >= 0.3 is 5.76 Å². The van der Waals surface area contributed by atoms with Crippen LogP contribution in [0.4, 0.5) is 8.78 Å². The first-order chi connectivity index (χ1) is 11.3. The Kier molecular flexibility index (Phi) is 4.97. The lowest BCUT2D eigenvalue weighted by atomic mass is 9.86. The third-order valence-corrected chi connectivity index (χ3v) is 4.99. The molecule has 130 valence electrons. The molecule has 0 amide bonds. The minimum atomic E-state index is -2.59. The zero-order valence-electron chi connectivity index (χ0n) is 12.8. The molecular formula is C16H16Cl2F2N2O2. The Balaban J connectivity index is 1.76. The Bertz CT molecular complexity index is 779. The monoisotopic (exact) mass is 376 g/mol. The fourth-order valence-electron chi connectivity index (χ4n) is 2.98. The van der Waals surface area contributed by atoms with Crippen molar-refractivity contribution < 1.29 is 13.3 Å². The van der Waals surface area contributed by atoms with Crippen LogP contribution < -0.4 is 5.76 Å². The van der Waals surface area contributed by atoms with Gasteiger partial charge in [-0.1, -0.05) is 34.4 Å². The van der Waals surface area contributed by atoms with Crippen molar-refractivity contribution in [1.82, 2.24) is 9.72 Å². The summed E-state index contributed by atoms with van der Waals surface area (Å²) in [5.74, 6) is -2.72. The fraction of sp³-hybridized carbons (Fsp3) is 0.500. The van der Waals surface area contributed by atoms with Crippen LogP contribution >= 0.6 is 23.2 Å². The summed E-state index contributed by atoms with van der Waals surface area (Å²) in [5, 5.41) is 4.80. The van der Waals surface area contributed by atoms with Crippen molar-refractivity contribution in [3.63, 3.8) is 0 Å². The average molecular weight is 377 g/mol. The molecule has 1 aromatic heterocycles. The predicted molar refractivity (Wildman–Crippen MR) is 86.9 cm³/mol. The predicted octanol–water partition coefficient (Wildman–Crippen LogP) is 4.56. The minimum absolute atomic E-state index is 0.0150. The van der Waals surface area contributed by atoms with Gasteiger partial charge in [-0.25, -0.2) is 13.6 Å². The molecular weight excluding hydrogens is 361 g/mol. The van der Waals surface area contributed by atoms with Crippen LogP contribution in [0, 0.1) is 5.92 Å². The van der Waals surface area contributed by atoms with Gasteiger partial charge in [0.2, 0.25) is 5.92 Å². The maximum atomic E-state index is 13.3. The molecule has 1 fully saturated rings. The first-order valence-corrected chi connectivity index (χ1v) is 8.47. The van der Waals surface area contributed by atoms with Crippen molar-refractivity contribution in [2.45, 2.75) is 44.6 Å². The maximum Gasteiger partial charge on any atom is 0.441 e. The van der Waals surface area contributed by atoms with E-state index in [4.69, 9.17) is 27.7 Å². The van der Waals surface area contributed by atoms with E-state index in [9.17, 15) is 13.6 Å². The summed E-state index contributed by atoms with van der Waals surface area (Å²) in [6, 6.07) is 5.08. The second kappa shape index (κ2) is 6.84. The maximum absolute atomic E-state index is 13.3. The normalized spacial score (nSPS) is 18.0. The van der Waals surface area contributed by atoms with E-state index >= 15 is 0 Å². The molecule has 1 aliphatic carbocycles. The Morgan fingerprint density at radius 1 is 1.29 bits per heavy atom. The zero-order chi connectivity index (χ0) is 17.3. The first-order valence-electron chi connectivity index (χ1n) is 7.71. The molecule has 1 aromatic carbocycles. The van der Waals surface area contributed by atoms with Gasteiger partial charge in [-0.2, -0.15) is 0 Å². The van der Waals surface area contributed by atoms with Gasteiger partial charge in [0.15, 0.2) is 5.82 Å². The molecule has 0 radical (unpaired) electrons. The molecule has 2 aromatic rings. The van der Waals surface area contributed by atoms with Crippen molar-refractivity contribution in [3.05, 3.63) is 50.2 Å². The molecule has 0 N–H and O–H groups in total. The number of benzene rings is 1. The third-order valence-electron chi connectivity index (χ3n) is 4.40. The highest BCUT2D eigenvalue weighted by Gasteiger charge is 2.35. The molecule has 0 saturated heterocycles. The van der Waals surface area contributed by atoms with Gasteiger partial charge in [-0.15, -0.1) is 0 Å². The highest BCUT2D eigenvalue weighted by atomic mass is 35.5. The molecule has 1 saturated carbocycles. The van der Waals surface area contributed by atoms with Gasteiger partial charge in [-0.05, 0) is 36.5 Å². The summed E-state index contributed by atoms with van der Waals surface area (Å²) in [6.07, 6.45) is 0.786. The van der Waals surface area contributed by atoms with Crippen LogP contribution in [0.3, 0.4) is 0 Å². The second-order valence-corrected chi connectivity index (χ2v) is 7.03. The van der Waals surface area contributed by atoms with Gasteiger partial charge in [0.05, 0.1) is 0 Å². The topological polar surface area (TPSA) is 48.0 Å². The van der Waals surface area contributed by atoms with Gasteiger partial charge < -0.3 is 0 Å². The lowest BCUT2D eigenvalue weighted by molar-refractivity contribution is -0.0475. The lowest BCUT2D eigenvalue weighted by Gasteiger charge is -2.28. The SMILES string of the molecule is O=c1onc(Cc2ccc(Cl)cc2Cl)n1CC1CCC(F)(F)CC1. The van der Waals surface area contributed by atoms with Crippen LogP contribution in [0.1, 0.15) is 37.1 Å². The molecule has 0 aliphatic heterocycles. The highest BCUT2D eigenvalue weighted by Crippen LogP contribution is 2.36.